The van der Waals surface area contributed by atoms with Crippen LogP contribution in [0.15, 0.2) is 0 Å². The number of rotatable bonds is 8. The minimum atomic E-state index is -0.0965. The summed E-state index contributed by atoms with van der Waals surface area (Å²) in [6.45, 7) is 2.34. The lowest BCUT2D eigenvalue weighted by Crippen LogP contribution is -2.14. The normalized spacial score (nSPS) is 21.0. The Morgan fingerprint density at radius 3 is 2.62 bits per heavy atom. The van der Waals surface area contributed by atoms with Crippen molar-refractivity contribution < 1.29 is 18.9 Å². The molecule has 0 spiro atoms. The average molecular weight is 190 g/mol. The van der Waals surface area contributed by atoms with Gasteiger partial charge in [-0.3, -0.25) is 0 Å². The zero-order chi connectivity index (χ0) is 9.52. The van der Waals surface area contributed by atoms with Gasteiger partial charge in [-0.15, -0.1) is 0 Å². The van der Waals surface area contributed by atoms with Gasteiger partial charge in [-0.05, 0) is 6.42 Å². The molecule has 0 bridgehead atoms. The predicted octanol–water partition coefficient (Wildman–Crippen LogP) is 0.801. The van der Waals surface area contributed by atoms with Crippen LogP contribution >= 0.6 is 0 Å². The van der Waals surface area contributed by atoms with E-state index in [4.69, 9.17) is 18.9 Å². The van der Waals surface area contributed by atoms with E-state index in [1.165, 1.54) is 0 Å². The maximum Gasteiger partial charge on any atom is 0.156 e. The van der Waals surface area contributed by atoms with Gasteiger partial charge in [0.15, 0.2) is 6.29 Å². The van der Waals surface area contributed by atoms with Gasteiger partial charge in [0, 0.05) is 27.2 Å². The van der Waals surface area contributed by atoms with E-state index >= 15 is 0 Å². The molecule has 4 heteroatoms. The molecule has 1 heterocycles. The third kappa shape index (κ3) is 5.21. The highest BCUT2D eigenvalue weighted by atomic mass is 16.7. The topological polar surface area (TPSA) is 40.2 Å². The molecule has 0 amide bonds. The zero-order valence-electron chi connectivity index (χ0n) is 8.32. The number of hydrogen-bond acceptors (Lipinski definition) is 4. The predicted molar refractivity (Wildman–Crippen MR) is 47.6 cm³/mol. The van der Waals surface area contributed by atoms with E-state index in [0.29, 0.717) is 6.10 Å². The third-order valence-electron chi connectivity index (χ3n) is 1.96. The Kier molecular flexibility index (Phi) is 5.31. The minimum Gasteiger partial charge on any atom is -0.379 e. The van der Waals surface area contributed by atoms with Crippen LogP contribution in [0.4, 0.5) is 0 Å². The Morgan fingerprint density at radius 1 is 1.38 bits per heavy atom. The third-order valence-corrected chi connectivity index (χ3v) is 1.96. The Bertz CT molecular complexity index is 121. The molecule has 0 aromatic heterocycles. The number of epoxide rings is 1. The lowest BCUT2D eigenvalue weighted by molar-refractivity contribution is -0.109. The number of methoxy groups -OCH3 is 2. The standard InChI is InChI=1S/C9H18O4/c1-10-9(11-2)4-3-5-12-6-8-7-13-8/h8-9H,3-7H2,1-2H3. The van der Waals surface area contributed by atoms with Crippen molar-refractivity contribution in [2.45, 2.75) is 25.2 Å². The summed E-state index contributed by atoms with van der Waals surface area (Å²) in [6, 6.07) is 0. The van der Waals surface area contributed by atoms with E-state index in [1.54, 1.807) is 14.2 Å². The van der Waals surface area contributed by atoms with E-state index < -0.39 is 0 Å². The summed E-state index contributed by atoms with van der Waals surface area (Å²) in [5, 5.41) is 0. The summed E-state index contributed by atoms with van der Waals surface area (Å²) in [6.07, 6.45) is 2.10. The maximum atomic E-state index is 5.36. The fraction of sp³-hybridized carbons (Fsp3) is 1.00. The van der Waals surface area contributed by atoms with Gasteiger partial charge in [-0.25, -0.2) is 0 Å². The van der Waals surface area contributed by atoms with Crippen LogP contribution in [0.5, 0.6) is 0 Å². The Morgan fingerprint density at radius 2 is 2.08 bits per heavy atom. The molecule has 78 valence electrons. The van der Waals surface area contributed by atoms with E-state index in [9.17, 15) is 0 Å². The van der Waals surface area contributed by atoms with Crippen LogP contribution in [0.2, 0.25) is 0 Å². The van der Waals surface area contributed by atoms with Gasteiger partial charge in [0.1, 0.15) is 6.10 Å². The summed E-state index contributed by atoms with van der Waals surface area (Å²) in [7, 11) is 3.29. The van der Waals surface area contributed by atoms with Gasteiger partial charge in [0.25, 0.3) is 0 Å². The molecule has 0 N–H and O–H groups in total. The van der Waals surface area contributed by atoms with E-state index in [1.807, 2.05) is 0 Å². The van der Waals surface area contributed by atoms with Crippen molar-refractivity contribution in [2.75, 3.05) is 34.0 Å². The average Bonchev–Trinajstić information content (AvgIpc) is 2.95. The SMILES string of the molecule is COC(CCCOCC1CO1)OC. The molecular weight excluding hydrogens is 172 g/mol. The molecule has 1 fully saturated rings. The van der Waals surface area contributed by atoms with Crippen molar-refractivity contribution >= 4 is 0 Å². The smallest absolute Gasteiger partial charge is 0.156 e. The molecule has 1 aliphatic rings. The summed E-state index contributed by atoms with van der Waals surface area (Å²) >= 11 is 0. The van der Waals surface area contributed by atoms with E-state index in [-0.39, 0.29) is 6.29 Å². The summed E-state index contributed by atoms with van der Waals surface area (Å²) in [5.41, 5.74) is 0. The largest absolute Gasteiger partial charge is 0.379 e. The van der Waals surface area contributed by atoms with Crippen LogP contribution in [0.25, 0.3) is 0 Å². The maximum absolute atomic E-state index is 5.36. The second-order valence-electron chi connectivity index (χ2n) is 3.07. The monoisotopic (exact) mass is 190 g/mol. The van der Waals surface area contributed by atoms with Crippen molar-refractivity contribution in [1.29, 1.82) is 0 Å². The van der Waals surface area contributed by atoms with Crippen LogP contribution in [-0.4, -0.2) is 46.4 Å². The van der Waals surface area contributed by atoms with Gasteiger partial charge in [-0.1, -0.05) is 0 Å². The summed E-state index contributed by atoms with van der Waals surface area (Å²) in [4.78, 5) is 0. The van der Waals surface area contributed by atoms with Gasteiger partial charge >= 0.3 is 0 Å². The van der Waals surface area contributed by atoms with Crippen molar-refractivity contribution in [2.24, 2.45) is 0 Å². The van der Waals surface area contributed by atoms with Crippen molar-refractivity contribution in [3.8, 4) is 0 Å². The molecule has 0 aromatic rings. The molecule has 0 aromatic carbocycles. The van der Waals surface area contributed by atoms with Crippen molar-refractivity contribution in [1.82, 2.24) is 0 Å². The molecule has 1 atom stereocenters. The molecule has 1 unspecified atom stereocenters. The zero-order valence-corrected chi connectivity index (χ0v) is 8.32. The first-order chi connectivity index (χ1) is 6.36. The van der Waals surface area contributed by atoms with Gasteiger partial charge in [-0.2, -0.15) is 0 Å². The second-order valence-corrected chi connectivity index (χ2v) is 3.07. The summed E-state index contributed by atoms with van der Waals surface area (Å²) in [5.74, 6) is 0. The number of ether oxygens (including phenoxy) is 4. The molecule has 4 nitrogen and oxygen atoms in total. The first-order valence-corrected chi connectivity index (χ1v) is 4.61. The first kappa shape index (κ1) is 10.9. The Hall–Kier alpha value is -0.160. The molecule has 0 aliphatic carbocycles. The van der Waals surface area contributed by atoms with Gasteiger partial charge in [0.05, 0.1) is 13.2 Å². The molecule has 1 saturated heterocycles. The minimum absolute atomic E-state index is 0.0965. The second kappa shape index (κ2) is 6.32. The van der Waals surface area contributed by atoms with Crippen LogP contribution in [0.1, 0.15) is 12.8 Å². The highest BCUT2D eigenvalue weighted by Crippen LogP contribution is 2.09. The molecule has 1 aliphatic heterocycles. The fourth-order valence-electron chi connectivity index (χ4n) is 1.06. The van der Waals surface area contributed by atoms with Crippen LogP contribution in [0, 0.1) is 0 Å². The lowest BCUT2D eigenvalue weighted by atomic mass is 10.3. The molecule has 0 saturated carbocycles. The molecule has 0 radical (unpaired) electrons. The molecular formula is C9H18O4. The van der Waals surface area contributed by atoms with Crippen LogP contribution in [0.3, 0.4) is 0 Å². The quantitative estimate of drug-likeness (QED) is 0.322. The molecule has 1 rings (SSSR count). The van der Waals surface area contributed by atoms with E-state index in [0.717, 1.165) is 32.7 Å². The Balaban J connectivity index is 1.81. The van der Waals surface area contributed by atoms with Crippen molar-refractivity contribution in [3.63, 3.8) is 0 Å². The Labute approximate surface area is 79.1 Å². The summed E-state index contributed by atoms with van der Waals surface area (Å²) < 4.78 is 20.4. The highest BCUT2D eigenvalue weighted by Gasteiger charge is 2.21. The van der Waals surface area contributed by atoms with Crippen molar-refractivity contribution in [3.05, 3.63) is 0 Å². The first-order valence-electron chi connectivity index (χ1n) is 4.61. The van der Waals surface area contributed by atoms with Gasteiger partial charge < -0.3 is 18.9 Å². The van der Waals surface area contributed by atoms with Gasteiger partial charge in [0.2, 0.25) is 0 Å². The van der Waals surface area contributed by atoms with E-state index in [2.05, 4.69) is 0 Å². The number of hydrogen-bond donors (Lipinski definition) is 0. The highest BCUT2D eigenvalue weighted by molar-refractivity contribution is 4.66. The lowest BCUT2D eigenvalue weighted by Gasteiger charge is -2.12. The van der Waals surface area contributed by atoms with Crippen LogP contribution < -0.4 is 0 Å². The van der Waals surface area contributed by atoms with Crippen LogP contribution in [-0.2, 0) is 18.9 Å². The fourth-order valence-corrected chi connectivity index (χ4v) is 1.06. The molecule has 13 heavy (non-hydrogen) atoms.